The Balaban J connectivity index is 2.09. The Morgan fingerprint density at radius 1 is 1.50 bits per heavy atom. The van der Waals surface area contributed by atoms with Crippen LogP contribution in [0.2, 0.25) is 0 Å². The van der Waals surface area contributed by atoms with Crippen molar-refractivity contribution in [1.82, 2.24) is 5.32 Å². The third-order valence-corrected chi connectivity index (χ3v) is 2.79. The predicted molar refractivity (Wildman–Crippen MR) is 74.0 cm³/mol. The van der Waals surface area contributed by atoms with E-state index in [0.717, 1.165) is 43.0 Å². The monoisotopic (exact) mass is 245 g/mol. The topological polar surface area (TPSA) is 53.5 Å². The molecule has 0 bridgehead atoms. The number of rotatable bonds is 4. The summed E-state index contributed by atoms with van der Waals surface area (Å²) in [4.78, 5) is 16.0. The molecule has 2 rings (SSSR count). The number of aliphatic imine (C=N–C) groups is 1. The molecule has 0 radical (unpaired) electrons. The van der Waals surface area contributed by atoms with E-state index in [-0.39, 0.29) is 5.91 Å². The summed E-state index contributed by atoms with van der Waals surface area (Å²) >= 11 is 0. The molecule has 1 aromatic carbocycles. The predicted octanol–water partition coefficient (Wildman–Crippen LogP) is 2.17. The zero-order chi connectivity index (χ0) is 12.8. The van der Waals surface area contributed by atoms with Gasteiger partial charge in [0.15, 0.2) is 0 Å². The van der Waals surface area contributed by atoms with Crippen LogP contribution >= 0.6 is 0 Å². The number of anilines is 1. The molecule has 0 atom stereocenters. The highest BCUT2D eigenvalue weighted by atomic mass is 16.1. The van der Waals surface area contributed by atoms with Crippen molar-refractivity contribution in [3.63, 3.8) is 0 Å². The highest BCUT2D eigenvalue weighted by molar-refractivity contribution is 6.00. The molecule has 0 aliphatic carbocycles. The molecule has 1 aliphatic rings. The van der Waals surface area contributed by atoms with Gasteiger partial charge in [-0.2, -0.15) is 0 Å². The number of amidine groups is 1. The molecule has 1 amide bonds. The zero-order valence-corrected chi connectivity index (χ0v) is 10.7. The standard InChI is InChI=1S/C14H19N3O/c1-2-5-13(18)17-12-7-3-6-11(10-12)14-15-8-4-9-16-14/h3,6-7,10H,2,4-5,8-9H2,1H3,(H,15,16)(H,17,18). The number of hydrogen-bond donors (Lipinski definition) is 2. The van der Waals surface area contributed by atoms with Crippen LogP contribution in [0.15, 0.2) is 29.3 Å². The summed E-state index contributed by atoms with van der Waals surface area (Å²) in [5.74, 6) is 0.987. The number of hydrogen-bond acceptors (Lipinski definition) is 3. The molecule has 4 nitrogen and oxygen atoms in total. The van der Waals surface area contributed by atoms with E-state index in [1.807, 2.05) is 31.2 Å². The van der Waals surface area contributed by atoms with E-state index in [0.29, 0.717) is 6.42 Å². The Labute approximate surface area is 108 Å². The molecule has 1 aliphatic heterocycles. The molecule has 0 aromatic heterocycles. The van der Waals surface area contributed by atoms with E-state index < -0.39 is 0 Å². The van der Waals surface area contributed by atoms with Gasteiger partial charge < -0.3 is 10.6 Å². The van der Waals surface area contributed by atoms with Crippen molar-refractivity contribution in [3.05, 3.63) is 29.8 Å². The summed E-state index contributed by atoms with van der Waals surface area (Å²) < 4.78 is 0. The lowest BCUT2D eigenvalue weighted by Gasteiger charge is -2.15. The highest BCUT2D eigenvalue weighted by Crippen LogP contribution is 2.12. The Morgan fingerprint density at radius 3 is 3.11 bits per heavy atom. The van der Waals surface area contributed by atoms with Crippen LogP contribution in [-0.4, -0.2) is 24.8 Å². The highest BCUT2D eigenvalue weighted by Gasteiger charge is 2.08. The Hall–Kier alpha value is -1.84. The third-order valence-electron chi connectivity index (χ3n) is 2.79. The van der Waals surface area contributed by atoms with E-state index in [1.165, 1.54) is 0 Å². The van der Waals surface area contributed by atoms with E-state index in [1.54, 1.807) is 0 Å². The van der Waals surface area contributed by atoms with E-state index >= 15 is 0 Å². The van der Waals surface area contributed by atoms with E-state index in [9.17, 15) is 4.79 Å². The minimum Gasteiger partial charge on any atom is -0.370 e. The molecule has 1 aromatic rings. The molecular formula is C14H19N3O. The molecule has 1 heterocycles. The van der Waals surface area contributed by atoms with Gasteiger partial charge in [0.1, 0.15) is 5.84 Å². The van der Waals surface area contributed by atoms with Crippen LogP contribution in [0.25, 0.3) is 0 Å². The molecule has 2 N–H and O–H groups in total. The number of amides is 1. The van der Waals surface area contributed by atoms with Crippen molar-refractivity contribution in [3.8, 4) is 0 Å². The molecule has 18 heavy (non-hydrogen) atoms. The number of benzene rings is 1. The minimum absolute atomic E-state index is 0.0631. The molecule has 0 saturated heterocycles. The fourth-order valence-electron chi connectivity index (χ4n) is 1.92. The van der Waals surface area contributed by atoms with Gasteiger partial charge in [-0.1, -0.05) is 19.1 Å². The molecule has 0 fully saturated rings. The Morgan fingerprint density at radius 2 is 2.39 bits per heavy atom. The zero-order valence-electron chi connectivity index (χ0n) is 10.7. The first kappa shape index (κ1) is 12.6. The average molecular weight is 245 g/mol. The van der Waals surface area contributed by atoms with Crippen molar-refractivity contribution in [1.29, 1.82) is 0 Å². The Bertz CT molecular complexity index is 454. The van der Waals surface area contributed by atoms with Gasteiger partial charge in [0.05, 0.1) is 0 Å². The summed E-state index contributed by atoms with van der Waals surface area (Å²) in [5, 5.41) is 6.18. The second-order valence-electron chi connectivity index (χ2n) is 4.39. The first-order valence-electron chi connectivity index (χ1n) is 6.48. The second kappa shape index (κ2) is 6.19. The number of carbonyl (C=O) groups is 1. The van der Waals surface area contributed by atoms with Gasteiger partial charge in [-0.3, -0.25) is 9.79 Å². The van der Waals surface area contributed by atoms with Gasteiger partial charge in [0, 0.05) is 30.8 Å². The van der Waals surface area contributed by atoms with Crippen molar-refractivity contribution >= 4 is 17.4 Å². The first-order chi connectivity index (χ1) is 8.79. The normalized spacial score (nSPS) is 14.6. The number of carbonyl (C=O) groups excluding carboxylic acids is 1. The summed E-state index contributed by atoms with van der Waals surface area (Å²) in [7, 11) is 0. The summed E-state index contributed by atoms with van der Waals surface area (Å²) in [6, 6.07) is 7.81. The minimum atomic E-state index is 0.0631. The van der Waals surface area contributed by atoms with Crippen molar-refractivity contribution in [2.75, 3.05) is 18.4 Å². The molecule has 96 valence electrons. The van der Waals surface area contributed by atoms with Gasteiger partial charge in [-0.15, -0.1) is 0 Å². The summed E-state index contributed by atoms with van der Waals surface area (Å²) in [6.45, 7) is 3.83. The van der Waals surface area contributed by atoms with Crippen LogP contribution in [0, 0.1) is 0 Å². The van der Waals surface area contributed by atoms with E-state index in [2.05, 4.69) is 15.6 Å². The van der Waals surface area contributed by atoms with Crippen molar-refractivity contribution < 1.29 is 4.79 Å². The van der Waals surface area contributed by atoms with Gasteiger partial charge in [0.2, 0.25) is 5.91 Å². The van der Waals surface area contributed by atoms with Crippen molar-refractivity contribution in [2.45, 2.75) is 26.2 Å². The maximum atomic E-state index is 11.5. The van der Waals surface area contributed by atoms with Crippen molar-refractivity contribution in [2.24, 2.45) is 4.99 Å². The fraction of sp³-hybridized carbons (Fsp3) is 0.429. The number of nitrogens with zero attached hydrogens (tertiary/aromatic N) is 1. The van der Waals surface area contributed by atoms with Crippen LogP contribution in [-0.2, 0) is 4.79 Å². The largest absolute Gasteiger partial charge is 0.370 e. The molecule has 0 spiro atoms. The maximum absolute atomic E-state index is 11.5. The Kier molecular flexibility index (Phi) is 4.34. The molecule has 0 saturated carbocycles. The first-order valence-corrected chi connectivity index (χ1v) is 6.48. The molecular weight excluding hydrogens is 226 g/mol. The van der Waals surface area contributed by atoms with Crippen LogP contribution < -0.4 is 10.6 Å². The van der Waals surface area contributed by atoms with Gasteiger partial charge >= 0.3 is 0 Å². The van der Waals surface area contributed by atoms with Crippen LogP contribution in [0.4, 0.5) is 5.69 Å². The van der Waals surface area contributed by atoms with Crippen LogP contribution in [0.1, 0.15) is 31.7 Å². The smallest absolute Gasteiger partial charge is 0.224 e. The molecule has 4 heteroatoms. The van der Waals surface area contributed by atoms with Crippen LogP contribution in [0.5, 0.6) is 0 Å². The lowest BCUT2D eigenvalue weighted by Crippen LogP contribution is -2.30. The van der Waals surface area contributed by atoms with Crippen LogP contribution in [0.3, 0.4) is 0 Å². The van der Waals surface area contributed by atoms with E-state index in [4.69, 9.17) is 0 Å². The fourth-order valence-corrected chi connectivity index (χ4v) is 1.92. The molecule has 0 unspecified atom stereocenters. The van der Waals surface area contributed by atoms with Gasteiger partial charge in [0.25, 0.3) is 0 Å². The second-order valence-corrected chi connectivity index (χ2v) is 4.39. The number of nitrogens with one attached hydrogen (secondary N) is 2. The maximum Gasteiger partial charge on any atom is 0.224 e. The lowest BCUT2D eigenvalue weighted by molar-refractivity contribution is -0.116. The van der Waals surface area contributed by atoms with Gasteiger partial charge in [-0.05, 0) is 25.0 Å². The summed E-state index contributed by atoms with van der Waals surface area (Å²) in [6.07, 6.45) is 2.50. The quantitative estimate of drug-likeness (QED) is 0.854. The third kappa shape index (κ3) is 3.32. The SMILES string of the molecule is CCCC(=O)Nc1cccc(C2=NCCCN2)c1. The van der Waals surface area contributed by atoms with Gasteiger partial charge in [-0.25, -0.2) is 0 Å². The lowest BCUT2D eigenvalue weighted by atomic mass is 10.1. The average Bonchev–Trinajstić information content (AvgIpc) is 2.40. The summed E-state index contributed by atoms with van der Waals surface area (Å²) in [5.41, 5.74) is 1.87.